The third-order valence-electron chi connectivity index (χ3n) is 3.11. The lowest BCUT2D eigenvalue weighted by Gasteiger charge is -2.16. The van der Waals surface area contributed by atoms with Crippen LogP contribution in [-0.2, 0) is 9.59 Å². The van der Waals surface area contributed by atoms with Crippen molar-refractivity contribution in [3.63, 3.8) is 0 Å². The molecule has 4 nitrogen and oxygen atoms in total. The van der Waals surface area contributed by atoms with Crippen molar-refractivity contribution in [2.75, 3.05) is 18.0 Å². The Hall–Kier alpha value is -1.84. The Morgan fingerprint density at radius 1 is 1.39 bits per heavy atom. The van der Waals surface area contributed by atoms with Crippen molar-refractivity contribution in [2.24, 2.45) is 5.92 Å². The van der Waals surface area contributed by atoms with Crippen LogP contribution in [0.1, 0.15) is 19.8 Å². The van der Waals surface area contributed by atoms with Crippen molar-refractivity contribution in [3.05, 3.63) is 30.3 Å². The van der Waals surface area contributed by atoms with Gasteiger partial charge in [-0.25, -0.2) is 0 Å². The average molecular weight is 246 g/mol. The van der Waals surface area contributed by atoms with Crippen LogP contribution in [0.15, 0.2) is 30.3 Å². The lowest BCUT2D eigenvalue weighted by atomic mass is 10.1. The number of anilines is 1. The van der Waals surface area contributed by atoms with E-state index < -0.39 is 0 Å². The summed E-state index contributed by atoms with van der Waals surface area (Å²) in [5, 5.41) is 2.85. The van der Waals surface area contributed by atoms with E-state index in [9.17, 15) is 9.59 Å². The molecule has 2 rings (SSSR count). The van der Waals surface area contributed by atoms with Gasteiger partial charge in [0, 0.05) is 25.2 Å². The summed E-state index contributed by atoms with van der Waals surface area (Å²) in [4.78, 5) is 25.4. The van der Waals surface area contributed by atoms with E-state index in [0.717, 1.165) is 12.1 Å². The molecule has 0 aromatic heterocycles. The highest BCUT2D eigenvalue weighted by Gasteiger charge is 2.34. The van der Waals surface area contributed by atoms with Gasteiger partial charge < -0.3 is 10.2 Å². The Kier molecular flexibility index (Phi) is 3.97. The van der Waals surface area contributed by atoms with Gasteiger partial charge in [-0.2, -0.15) is 0 Å². The van der Waals surface area contributed by atoms with Crippen molar-refractivity contribution in [2.45, 2.75) is 19.8 Å². The van der Waals surface area contributed by atoms with E-state index in [1.807, 2.05) is 37.3 Å². The molecule has 0 saturated carbocycles. The smallest absolute Gasteiger partial charge is 0.227 e. The molecular weight excluding hydrogens is 228 g/mol. The molecule has 1 N–H and O–H groups in total. The maximum Gasteiger partial charge on any atom is 0.227 e. The van der Waals surface area contributed by atoms with E-state index in [1.165, 1.54) is 0 Å². The normalized spacial score (nSPS) is 19.1. The van der Waals surface area contributed by atoms with Crippen LogP contribution >= 0.6 is 0 Å². The summed E-state index contributed by atoms with van der Waals surface area (Å²) < 4.78 is 0. The van der Waals surface area contributed by atoms with Crippen molar-refractivity contribution in [1.29, 1.82) is 0 Å². The van der Waals surface area contributed by atoms with Gasteiger partial charge in [-0.15, -0.1) is 0 Å². The summed E-state index contributed by atoms with van der Waals surface area (Å²) in [7, 11) is 0. The summed E-state index contributed by atoms with van der Waals surface area (Å²) in [6.07, 6.45) is 1.22. The van der Waals surface area contributed by atoms with Crippen LogP contribution in [0.25, 0.3) is 0 Å². The standard InChI is InChI=1S/C14H18N2O2/c1-2-8-15-14(18)11-9-13(17)16(10-11)12-6-4-3-5-7-12/h3-7,11H,2,8-10H2,1H3,(H,15,18)/t11-/m1/s1. The molecule has 1 aliphatic heterocycles. The van der Waals surface area contributed by atoms with Crippen LogP contribution in [0, 0.1) is 5.92 Å². The molecule has 1 heterocycles. The van der Waals surface area contributed by atoms with E-state index in [1.54, 1.807) is 4.90 Å². The van der Waals surface area contributed by atoms with E-state index in [-0.39, 0.29) is 17.7 Å². The summed E-state index contributed by atoms with van der Waals surface area (Å²) in [5.41, 5.74) is 0.869. The van der Waals surface area contributed by atoms with Crippen molar-refractivity contribution in [3.8, 4) is 0 Å². The fraction of sp³-hybridized carbons (Fsp3) is 0.429. The fourth-order valence-electron chi connectivity index (χ4n) is 2.13. The number of rotatable bonds is 4. The monoisotopic (exact) mass is 246 g/mol. The van der Waals surface area contributed by atoms with E-state index in [0.29, 0.717) is 19.5 Å². The fourth-order valence-corrected chi connectivity index (χ4v) is 2.13. The van der Waals surface area contributed by atoms with Crippen molar-refractivity contribution < 1.29 is 9.59 Å². The summed E-state index contributed by atoms with van der Waals surface area (Å²) in [6, 6.07) is 9.49. The van der Waals surface area contributed by atoms with Gasteiger partial charge >= 0.3 is 0 Å². The van der Waals surface area contributed by atoms with E-state index >= 15 is 0 Å². The molecule has 1 atom stereocenters. The first-order valence-corrected chi connectivity index (χ1v) is 6.35. The molecule has 0 radical (unpaired) electrons. The minimum Gasteiger partial charge on any atom is -0.356 e. The Labute approximate surface area is 107 Å². The topological polar surface area (TPSA) is 49.4 Å². The van der Waals surface area contributed by atoms with Gasteiger partial charge in [-0.05, 0) is 18.6 Å². The SMILES string of the molecule is CCCNC(=O)[C@@H]1CC(=O)N(c2ccccc2)C1. The molecule has 18 heavy (non-hydrogen) atoms. The second kappa shape index (κ2) is 5.67. The third kappa shape index (κ3) is 2.70. The molecule has 96 valence electrons. The van der Waals surface area contributed by atoms with Crippen LogP contribution in [0.5, 0.6) is 0 Å². The van der Waals surface area contributed by atoms with Crippen molar-refractivity contribution >= 4 is 17.5 Å². The highest BCUT2D eigenvalue weighted by molar-refractivity contribution is 6.00. The zero-order valence-electron chi connectivity index (χ0n) is 10.6. The van der Waals surface area contributed by atoms with Crippen LogP contribution < -0.4 is 10.2 Å². The summed E-state index contributed by atoms with van der Waals surface area (Å²) in [6.45, 7) is 3.17. The molecule has 0 spiro atoms. The predicted octanol–water partition coefficient (Wildman–Crippen LogP) is 1.57. The third-order valence-corrected chi connectivity index (χ3v) is 3.11. The van der Waals surface area contributed by atoms with Crippen LogP contribution in [-0.4, -0.2) is 24.9 Å². The van der Waals surface area contributed by atoms with Gasteiger partial charge in [0.05, 0.1) is 5.92 Å². The molecule has 1 fully saturated rings. The van der Waals surface area contributed by atoms with Gasteiger partial charge in [0.25, 0.3) is 0 Å². The number of carbonyl (C=O) groups excluding carboxylic acids is 2. The number of nitrogens with one attached hydrogen (secondary N) is 1. The van der Waals surface area contributed by atoms with E-state index in [4.69, 9.17) is 0 Å². The number of carbonyl (C=O) groups is 2. The summed E-state index contributed by atoms with van der Waals surface area (Å²) >= 11 is 0. The first-order chi connectivity index (χ1) is 8.72. The molecule has 2 amide bonds. The van der Waals surface area contributed by atoms with Gasteiger partial charge in [0.2, 0.25) is 11.8 Å². The van der Waals surface area contributed by atoms with Crippen molar-refractivity contribution in [1.82, 2.24) is 5.32 Å². The van der Waals surface area contributed by atoms with Crippen LogP contribution in [0.3, 0.4) is 0 Å². The predicted molar refractivity (Wildman–Crippen MR) is 70.2 cm³/mol. The largest absolute Gasteiger partial charge is 0.356 e. The van der Waals surface area contributed by atoms with Crippen LogP contribution in [0.4, 0.5) is 5.69 Å². The average Bonchev–Trinajstić information content (AvgIpc) is 2.79. The molecule has 1 aromatic rings. The van der Waals surface area contributed by atoms with Gasteiger partial charge in [-0.1, -0.05) is 25.1 Å². The highest BCUT2D eigenvalue weighted by Crippen LogP contribution is 2.24. The minimum atomic E-state index is -0.218. The maximum atomic E-state index is 11.9. The molecule has 1 aliphatic rings. The van der Waals surface area contributed by atoms with Crippen LogP contribution in [0.2, 0.25) is 0 Å². The summed E-state index contributed by atoms with van der Waals surface area (Å²) in [5.74, 6) is -0.203. The quantitative estimate of drug-likeness (QED) is 0.876. The molecule has 1 aromatic carbocycles. The number of hydrogen-bond acceptors (Lipinski definition) is 2. The second-order valence-electron chi connectivity index (χ2n) is 4.53. The second-order valence-corrected chi connectivity index (χ2v) is 4.53. The number of amides is 2. The molecule has 4 heteroatoms. The number of benzene rings is 1. The number of hydrogen-bond donors (Lipinski definition) is 1. The lowest BCUT2D eigenvalue weighted by molar-refractivity contribution is -0.126. The molecule has 0 unspecified atom stereocenters. The first kappa shape index (κ1) is 12.6. The van der Waals surface area contributed by atoms with Gasteiger partial charge in [0.1, 0.15) is 0 Å². The maximum absolute atomic E-state index is 11.9. The Morgan fingerprint density at radius 2 is 2.11 bits per heavy atom. The molecule has 0 aliphatic carbocycles. The number of nitrogens with zero attached hydrogens (tertiary/aromatic N) is 1. The Morgan fingerprint density at radius 3 is 2.78 bits per heavy atom. The molecule has 0 bridgehead atoms. The minimum absolute atomic E-state index is 0.0105. The van der Waals surface area contributed by atoms with E-state index in [2.05, 4.69) is 5.32 Å². The van der Waals surface area contributed by atoms with Gasteiger partial charge in [-0.3, -0.25) is 9.59 Å². The molecule has 1 saturated heterocycles. The first-order valence-electron chi connectivity index (χ1n) is 6.35. The zero-order valence-corrected chi connectivity index (χ0v) is 10.6. The highest BCUT2D eigenvalue weighted by atomic mass is 16.2. The van der Waals surface area contributed by atoms with Gasteiger partial charge in [0.15, 0.2) is 0 Å². The Bertz CT molecular complexity index is 431. The number of para-hydroxylation sites is 1. The lowest BCUT2D eigenvalue weighted by Crippen LogP contribution is -2.33. The zero-order chi connectivity index (χ0) is 13.0. The Balaban J connectivity index is 2.01. The molecular formula is C14H18N2O2.